The molecule has 2 atom stereocenters. The largest absolute Gasteiger partial charge is 0.481 e. The number of rotatable bonds is 3. The number of benzene rings is 1. The number of carboxylic acids is 1. The van der Waals surface area contributed by atoms with E-state index in [0.717, 1.165) is 6.42 Å². The lowest BCUT2D eigenvalue weighted by Crippen LogP contribution is -2.32. The molecule has 0 aliphatic heterocycles. The molecule has 1 aromatic rings. The first-order chi connectivity index (χ1) is 8.52. The molecule has 2 fully saturated rings. The van der Waals surface area contributed by atoms with Crippen LogP contribution in [0.25, 0.3) is 0 Å². The van der Waals surface area contributed by atoms with Crippen LogP contribution in [-0.2, 0) is 11.2 Å². The molecule has 2 unspecified atom stereocenters. The first-order valence-corrected chi connectivity index (χ1v) is 6.18. The van der Waals surface area contributed by atoms with E-state index in [4.69, 9.17) is 0 Å². The topological polar surface area (TPSA) is 37.3 Å². The van der Waals surface area contributed by atoms with Crippen LogP contribution in [0.2, 0.25) is 0 Å². The summed E-state index contributed by atoms with van der Waals surface area (Å²) in [5.41, 5.74) is -1.04. The predicted octanol–water partition coefficient (Wildman–Crippen LogP) is 3.01. The van der Waals surface area contributed by atoms with Gasteiger partial charge in [0.2, 0.25) is 0 Å². The normalized spacial score (nSPS) is 33.2. The Morgan fingerprint density at radius 1 is 1.28 bits per heavy atom. The number of hydrogen-bond acceptors (Lipinski definition) is 1. The van der Waals surface area contributed by atoms with Crippen LogP contribution in [0, 0.1) is 28.9 Å². The Kier molecular flexibility index (Phi) is 2.44. The van der Waals surface area contributed by atoms with E-state index in [2.05, 4.69) is 0 Å². The van der Waals surface area contributed by atoms with Gasteiger partial charge < -0.3 is 5.11 Å². The number of fused-ring (bicyclic) bond motifs is 1. The highest BCUT2D eigenvalue weighted by molar-refractivity contribution is 5.76. The van der Waals surface area contributed by atoms with E-state index in [-0.39, 0.29) is 12.0 Å². The number of halogens is 2. The van der Waals surface area contributed by atoms with E-state index in [9.17, 15) is 18.7 Å². The van der Waals surface area contributed by atoms with E-state index >= 15 is 0 Å². The Balaban J connectivity index is 1.92. The molecule has 18 heavy (non-hydrogen) atoms. The van der Waals surface area contributed by atoms with Crippen LogP contribution in [0.1, 0.15) is 24.8 Å². The summed E-state index contributed by atoms with van der Waals surface area (Å²) in [6, 6.07) is 3.67. The van der Waals surface area contributed by atoms with Gasteiger partial charge in [0.15, 0.2) is 0 Å². The highest BCUT2D eigenvalue weighted by Crippen LogP contribution is 2.61. The Bertz CT molecular complexity index is 482. The minimum atomic E-state index is -0.962. The molecule has 2 aliphatic carbocycles. The van der Waals surface area contributed by atoms with Crippen molar-refractivity contribution in [1.82, 2.24) is 0 Å². The van der Waals surface area contributed by atoms with Crippen molar-refractivity contribution in [1.29, 1.82) is 0 Å². The van der Waals surface area contributed by atoms with Gasteiger partial charge in [0.25, 0.3) is 0 Å². The number of aliphatic carboxylic acids is 1. The van der Waals surface area contributed by atoms with Gasteiger partial charge in [-0.3, -0.25) is 4.79 Å². The molecule has 2 aliphatic rings. The molecule has 0 saturated heterocycles. The van der Waals surface area contributed by atoms with Crippen LogP contribution in [0.3, 0.4) is 0 Å². The molecule has 0 bridgehead atoms. The third-order valence-corrected chi connectivity index (χ3v) is 4.41. The Morgan fingerprint density at radius 3 is 2.33 bits per heavy atom. The van der Waals surface area contributed by atoms with Crippen molar-refractivity contribution >= 4 is 5.97 Å². The lowest BCUT2D eigenvalue weighted by molar-refractivity contribution is -0.149. The maximum absolute atomic E-state index is 13.6. The number of carbonyl (C=O) groups is 1. The average Bonchev–Trinajstić information content (AvgIpc) is 2.92. The van der Waals surface area contributed by atoms with Gasteiger partial charge in [-0.05, 0) is 49.7 Å². The zero-order valence-corrected chi connectivity index (χ0v) is 9.83. The molecular weight excluding hydrogens is 238 g/mol. The van der Waals surface area contributed by atoms with Crippen molar-refractivity contribution < 1.29 is 18.7 Å². The van der Waals surface area contributed by atoms with Crippen LogP contribution in [-0.4, -0.2) is 11.1 Å². The summed E-state index contributed by atoms with van der Waals surface area (Å²) in [5.74, 6) is -1.29. The standard InChI is InChI=1S/C14H14F2O2/c15-11-2-1-3-12(16)10(11)7-14(13(17)18)5-8-4-9(8)6-14/h1-3,8-9H,4-7H2,(H,17,18). The Labute approximate surface area is 104 Å². The number of carboxylic acid groups (broad SMARTS) is 1. The van der Waals surface area contributed by atoms with Crippen LogP contribution >= 0.6 is 0 Å². The average molecular weight is 252 g/mol. The number of hydrogen-bond donors (Lipinski definition) is 1. The maximum atomic E-state index is 13.6. The first-order valence-electron chi connectivity index (χ1n) is 6.18. The van der Waals surface area contributed by atoms with Crippen LogP contribution in [0.5, 0.6) is 0 Å². The van der Waals surface area contributed by atoms with Gasteiger partial charge in [-0.1, -0.05) is 6.07 Å². The summed E-state index contributed by atoms with van der Waals surface area (Å²) in [4.78, 5) is 11.5. The fraction of sp³-hybridized carbons (Fsp3) is 0.500. The molecular formula is C14H14F2O2. The summed E-state index contributed by atoms with van der Waals surface area (Å²) in [5, 5.41) is 9.40. The SMILES string of the molecule is O=C(O)C1(Cc2c(F)cccc2F)CC2CC2C1. The van der Waals surface area contributed by atoms with Gasteiger partial charge in [-0.15, -0.1) is 0 Å². The smallest absolute Gasteiger partial charge is 0.309 e. The van der Waals surface area contributed by atoms with E-state index < -0.39 is 23.0 Å². The van der Waals surface area contributed by atoms with Crippen LogP contribution < -0.4 is 0 Å². The molecule has 3 rings (SSSR count). The molecule has 0 radical (unpaired) electrons. The molecule has 2 nitrogen and oxygen atoms in total. The fourth-order valence-corrected chi connectivity index (χ4v) is 3.33. The summed E-state index contributed by atoms with van der Waals surface area (Å²) in [7, 11) is 0. The molecule has 0 spiro atoms. The Hall–Kier alpha value is -1.45. The minimum Gasteiger partial charge on any atom is -0.481 e. The maximum Gasteiger partial charge on any atom is 0.309 e. The fourth-order valence-electron chi connectivity index (χ4n) is 3.33. The molecule has 0 aromatic heterocycles. The molecule has 0 amide bonds. The van der Waals surface area contributed by atoms with Gasteiger partial charge in [-0.2, -0.15) is 0 Å². The van der Waals surface area contributed by atoms with Crippen molar-refractivity contribution in [3.05, 3.63) is 35.4 Å². The van der Waals surface area contributed by atoms with Crippen molar-refractivity contribution in [2.45, 2.75) is 25.7 Å². The summed E-state index contributed by atoms with van der Waals surface area (Å²) < 4.78 is 27.2. The first kappa shape index (κ1) is 11.6. The molecule has 2 saturated carbocycles. The zero-order valence-electron chi connectivity index (χ0n) is 9.83. The van der Waals surface area contributed by atoms with Crippen molar-refractivity contribution in [3.8, 4) is 0 Å². The molecule has 4 heteroatoms. The second-order valence-electron chi connectivity index (χ2n) is 5.63. The van der Waals surface area contributed by atoms with E-state index in [1.807, 2.05) is 0 Å². The van der Waals surface area contributed by atoms with Crippen molar-refractivity contribution in [2.24, 2.45) is 17.3 Å². The summed E-state index contributed by atoms with van der Waals surface area (Å²) in [6.45, 7) is 0. The highest BCUT2D eigenvalue weighted by Gasteiger charge is 2.57. The van der Waals surface area contributed by atoms with Gasteiger partial charge in [0.1, 0.15) is 11.6 Å². The second kappa shape index (κ2) is 3.77. The second-order valence-corrected chi connectivity index (χ2v) is 5.63. The molecule has 96 valence electrons. The van der Waals surface area contributed by atoms with E-state index in [1.165, 1.54) is 18.2 Å². The summed E-state index contributed by atoms with van der Waals surface area (Å²) in [6.07, 6.45) is 2.16. The molecule has 1 N–H and O–H groups in total. The van der Waals surface area contributed by atoms with E-state index in [0.29, 0.717) is 24.7 Å². The third kappa shape index (κ3) is 1.71. The van der Waals surface area contributed by atoms with Gasteiger partial charge in [0.05, 0.1) is 5.41 Å². The zero-order chi connectivity index (χ0) is 12.9. The Morgan fingerprint density at radius 2 is 1.83 bits per heavy atom. The summed E-state index contributed by atoms with van der Waals surface area (Å²) >= 11 is 0. The minimum absolute atomic E-state index is 0.0339. The van der Waals surface area contributed by atoms with Gasteiger partial charge in [0, 0.05) is 5.56 Å². The van der Waals surface area contributed by atoms with Crippen LogP contribution in [0.4, 0.5) is 8.78 Å². The lowest BCUT2D eigenvalue weighted by atomic mass is 9.77. The molecule has 1 aromatic carbocycles. The van der Waals surface area contributed by atoms with Crippen molar-refractivity contribution in [3.63, 3.8) is 0 Å². The quantitative estimate of drug-likeness (QED) is 0.897. The highest BCUT2D eigenvalue weighted by atomic mass is 19.1. The van der Waals surface area contributed by atoms with Gasteiger partial charge in [-0.25, -0.2) is 8.78 Å². The van der Waals surface area contributed by atoms with Crippen LogP contribution in [0.15, 0.2) is 18.2 Å². The molecule has 0 heterocycles. The lowest BCUT2D eigenvalue weighted by Gasteiger charge is -2.26. The predicted molar refractivity (Wildman–Crippen MR) is 61.0 cm³/mol. The van der Waals surface area contributed by atoms with E-state index in [1.54, 1.807) is 0 Å². The monoisotopic (exact) mass is 252 g/mol. The van der Waals surface area contributed by atoms with Crippen molar-refractivity contribution in [2.75, 3.05) is 0 Å². The third-order valence-electron chi connectivity index (χ3n) is 4.41. The van der Waals surface area contributed by atoms with Gasteiger partial charge >= 0.3 is 5.97 Å².